The molecule has 0 saturated carbocycles. The molecular formula is C17H16N4. The van der Waals surface area contributed by atoms with Crippen molar-refractivity contribution in [1.29, 1.82) is 0 Å². The van der Waals surface area contributed by atoms with Crippen LogP contribution in [0.3, 0.4) is 0 Å². The highest BCUT2D eigenvalue weighted by Gasteiger charge is 2.17. The first-order valence-corrected chi connectivity index (χ1v) is 7.32. The summed E-state index contributed by atoms with van der Waals surface area (Å²) in [6, 6.07) is 10.1. The van der Waals surface area contributed by atoms with E-state index in [2.05, 4.69) is 9.97 Å². The highest BCUT2D eigenvalue weighted by atomic mass is 15.0. The number of hydrogen-bond acceptors (Lipinski definition) is 4. The Hall–Kier alpha value is -2.49. The summed E-state index contributed by atoms with van der Waals surface area (Å²) >= 11 is 0. The predicted octanol–water partition coefficient (Wildman–Crippen LogP) is 3.15. The number of aromatic nitrogens is 3. The van der Waals surface area contributed by atoms with Gasteiger partial charge < -0.3 is 5.73 Å². The molecule has 0 unspecified atom stereocenters. The Balaban J connectivity index is 1.95. The van der Waals surface area contributed by atoms with Gasteiger partial charge in [-0.05, 0) is 37.8 Å². The van der Waals surface area contributed by atoms with Gasteiger partial charge in [-0.3, -0.25) is 4.98 Å². The van der Waals surface area contributed by atoms with Crippen molar-refractivity contribution in [3.05, 3.63) is 47.8 Å². The molecule has 0 atom stereocenters. The molecule has 2 aromatic heterocycles. The maximum absolute atomic E-state index is 6.15. The van der Waals surface area contributed by atoms with Gasteiger partial charge >= 0.3 is 0 Å². The standard InChI is InChI=1S/C17H16N4/c18-16-12-7-1-2-9-14(12)20-17(21-16)13-8-3-5-11-6-4-10-19-15(11)13/h3-6,8,10H,1-2,7,9H2,(H2,18,20,21). The second-order valence-electron chi connectivity index (χ2n) is 5.45. The van der Waals surface area contributed by atoms with Crippen molar-refractivity contribution in [2.45, 2.75) is 25.7 Å². The molecule has 0 bridgehead atoms. The molecule has 4 heteroatoms. The van der Waals surface area contributed by atoms with Gasteiger partial charge in [-0.15, -0.1) is 0 Å². The molecule has 2 N–H and O–H groups in total. The second kappa shape index (κ2) is 4.81. The number of anilines is 1. The van der Waals surface area contributed by atoms with E-state index in [4.69, 9.17) is 10.7 Å². The normalized spacial score (nSPS) is 14.1. The molecule has 3 aromatic rings. The molecule has 0 saturated heterocycles. The summed E-state index contributed by atoms with van der Waals surface area (Å²) in [5.74, 6) is 1.32. The van der Waals surface area contributed by atoms with E-state index in [1.54, 1.807) is 6.20 Å². The Labute approximate surface area is 123 Å². The van der Waals surface area contributed by atoms with E-state index in [0.29, 0.717) is 11.6 Å². The van der Waals surface area contributed by atoms with Crippen LogP contribution in [-0.2, 0) is 12.8 Å². The van der Waals surface area contributed by atoms with Crippen molar-refractivity contribution in [3.63, 3.8) is 0 Å². The molecular weight excluding hydrogens is 260 g/mol. The molecule has 2 heterocycles. The summed E-state index contributed by atoms with van der Waals surface area (Å²) in [4.78, 5) is 13.8. The molecule has 4 rings (SSSR count). The molecule has 0 amide bonds. The van der Waals surface area contributed by atoms with Gasteiger partial charge in [0, 0.05) is 28.4 Å². The van der Waals surface area contributed by atoms with Crippen LogP contribution >= 0.6 is 0 Å². The van der Waals surface area contributed by atoms with Gasteiger partial charge in [-0.1, -0.05) is 18.2 Å². The van der Waals surface area contributed by atoms with Crippen molar-refractivity contribution in [3.8, 4) is 11.4 Å². The van der Waals surface area contributed by atoms with Gasteiger partial charge in [-0.25, -0.2) is 9.97 Å². The number of rotatable bonds is 1. The van der Waals surface area contributed by atoms with Crippen LogP contribution in [0.25, 0.3) is 22.3 Å². The summed E-state index contributed by atoms with van der Waals surface area (Å²) < 4.78 is 0. The van der Waals surface area contributed by atoms with Crippen LogP contribution in [0.1, 0.15) is 24.1 Å². The van der Waals surface area contributed by atoms with Crippen LogP contribution in [0, 0.1) is 0 Å². The maximum atomic E-state index is 6.15. The Bertz CT molecular complexity index is 821. The highest BCUT2D eigenvalue weighted by molar-refractivity contribution is 5.91. The maximum Gasteiger partial charge on any atom is 0.163 e. The summed E-state index contributed by atoms with van der Waals surface area (Å²) in [6.45, 7) is 0. The van der Waals surface area contributed by atoms with Crippen LogP contribution in [-0.4, -0.2) is 15.0 Å². The van der Waals surface area contributed by atoms with Crippen LogP contribution in [0.2, 0.25) is 0 Å². The number of aryl methyl sites for hydroxylation is 1. The lowest BCUT2D eigenvalue weighted by molar-refractivity contribution is 0.666. The number of nitrogens with zero attached hydrogens (tertiary/aromatic N) is 3. The Kier molecular flexibility index (Phi) is 2.81. The SMILES string of the molecule is Nc1nc(-c2cccc3cccnc23)nc2c1CCCC2. The first kappa shape index (κ1) is 12.3. The van der Waals surface area contributed by atoms with E-state index in [-0.39, 0.29) is 0 Å². The van der Waals surface area contributed by atoms with Gasteiger partial charge in [0.2, 0.25) is 0 Å². The lowest BCUT2D eigenvalue weighted by Gasteiger charge is -2.17. The van der Waals surface area contributed by atoms with Crippen molar-refractivity contribution in [1.82, 2.24) is 15.0 Å². The zero-order valence-corrected chi connectivity index (χ0v) is 11.7. The smallest absolute Gasteiger partial charge is 0.163 e. The average Bonchev–Trinajstić information content (AvgIpc) is 2.54. The minimum absolute atomic E-state index is 0.627. The molecule has 0 spiro atoms. The fourth-order valence-electron chi connectivity index (χ4n) is 3.03. The summed E-state index contributed by atoms with van der Waals surface area (Å²) in [5, 5.41) is 1.09. The monoisotopic (exact) mass is 276 g/mol. The quantitative estimate of drug-likeness (QED) is 0.741. The third kappa shape index (κ3) is 2.03. The lowest BCUT2D eigenvalue weighted by atomic mass is 9.96. The fraction of sp³-hybridized carbons (Fsp3) is 0.235. The first-order chi connectivity index (χ1) is 10.3. The molecule has 4 nitrogen and oxygen atoms in total. The lowest BCUT2D eigenvalue weighted by Crippen LogP contribution is -2.11. The van der Waals surface area contributed by atoms with Crippen molar-refractivity contribution in [2.24, 2.45) is 0 Å². The number of fused-ring (bicyclic) bond motifs is 2. The molecule has 104 valence electrons. The zero-order valence-electron chi connectivity index (χ0n) is 11.7. The highest BCUT2D eigenvalue weighted by Crippen LogP contribution is 2.29. The Morgan fingerprint density at radius 3 is 2.76 bits per heavy atom. The molecule has 1 aromatic carbocycles. The zero-order chi connectivity index (χ0) is 14.2. The number of benzene rings is 1. The second-order valence-corrected chi connectivity index (χ2v) is 5.45. The van der Waals surface area contributed by atoms with Crippen LogP contribution in [0.15, 0.2) is 36.5 Å². The summed E-state index contributed by atoms with van der Waals surface area (Å²) in [6.07, 6.45) is 6.14. The van der Waals surface area contributed by atoms with Crippen LogP contribution < -0.4 is 5.73 Å². The van der Waals surface area contributed by atoms with E-state index in [1.165, 1.54) is 12.8 Å². The topological polar surface area (TPSA) is 64.7 Å². The van der Waals surface area contributed by atoms with E-state index in [9.17, 15) is 0 Å². The van der Waals surface area contributed by atoms with Gasteiger partial charge in [0.1, 0.15) is 5.82 Å². The number of hydrogen-bond donors (Lipinski definition) is 1. The van der Waals surface area contributed by atoms with Gasteiger partial charge in [0.15, 0.2) is 5.82 Å². The molecule has 0 fully saturated rings. The molecule has 1 aliphatic rings. The summed E-state index contributed by atoms with van der Waals surface area (Å²) in [5.41, 5.74) is 10.3. The third-order valence-corrected chi connectivity index (χ3v) is 4.09. The van der Waals surface area contributed by atoms with Crippen molar-refractivity contribution >= 4 is 16.7 Å². The first-order valence-electron chi connectivity index (χ1n) is 7.32. The van der Waals surface area contributed by atoms with Crippen molar-refractivity contribution < 1.29 is 0 Å². The van der Waals surface area contributed by atoms with E-state index in [1.807, 2.05) is 30.3 Å². The van der Waals surface area contributed by atoms with E-state index < -0.39 is 0 Å². The number of para-hydroxylation sites is 1. The molecule has 21 heavy (non-hydrogen) atoms. The minimum Gasteiger partial charge on any atom is -0.383 e. The number of nitrogens with two attached hydrogens (primary N) is 1. The van der Waals surface area contributed by atoms with E-state index >= 15 is 0 Å². The fourth-order valence-corrected chi connectivity index (χ4v) is 3.03. The Morgan fingerprint density at radius 2 is 1.81 bits per heavy atom. The number of nitrogen functional groups attached to an aromatic ring is 1. The minimum atomic E-state index is 0.627. The summed E-state index contributed by atoms with van der Waals surface area (Å²) in [7, 11) is 0. The van der Waals surface area contributed by atoms with Gasteiger partial charge in [-0.2, -0.15) is 0 Å². The predicted molar refractivity (Wildman–Crippen MR) is 83.8 cm³/mol. The molecule has 0 aliphatic heterocycles. The van der Waals surface area contributed by atoms with Crippen LogP contribution in [0.4, 0.5) is 5.82 Å². The van der Waals surface area contributed by atoms with Crippen LogP contribution in [0.5, 0.6) is 0 Å². The molecule has 1 aliphatic carbocycles. The largest absolute Gasteiger partial charge is 0.383 e. The van der Waals surface area contributed by atoms with Crippen molar-refractivity contribution in [2.75, 3.05) is 5.73 Å². The van der Waals surface area contributed by atoms with Gasteiger partial charge in [0.05, 0.1) is 5.52 Å². The third-order valence-electron chi connectivity index (χ3n) is 4.09. The van der Waals surface area contributed by atoms with Gasteiger partial charge in [0.25, 0.3) is 0 Å². The Morgan fingerprint density at radius 1 is 0.952 bits per heavy atom. The van der Waals surface area contributed by atoms with E-state index in [0.717, 1.165) is 40.6 Å². The molecule has 0 radical (unpaired) electrons. The average molecular weight is 276 g/mol. The number of pyridine rings is 1.